The minimum Gasteiger partial charge on any atom is -0.691 e. The van der Waals surface area contributed by atoms with Crippen molar-refractivity contribution in [3.05, 3.63) is 119 Å². The van der Waals surface area contributed by atoms with E-state index in [9.17, 15) is 14.8 Å². The second-order valence-corrected chi connectivity index (χ2v) is 10.8. The number of carbonyl (C=O) groups excluding carboxylic acids is 2. The predicted octanol–water partition coefficient (Wildman–Crippen LogP) is 9.66. The molecule has 46 heavy (non-hydrogen) atoms. The first-order valence-corrected chi connectivity index (χ1v) is 15.9. The molecule has 0 unspecified atom stereocenters. The monoisotopic (exact) mass is 623 g/mol. The number of unbranched alkanes of at least 4 members (excludes halogenated alkanes) is 8. The highest BCUT2D eigenvalue weighted by Crippen LogP contribution is 2.22. The van der Waals surface area contributed by atoms with E-state index >= 15 is 0 Å². The Kier molecular flexibility index (Phi) is 13.6. The highest BCUT2D eigenvalue weighted by Gasteiger charge is 2.12. The average molecular weight is 624 g/mol. The summed E-state index contributed by atoms with van der Waals surface area (Å²) in [4.78, 5) is 25.7. The maximum atomic E-state index is 12.6. The number of hydrogen-bond acceptors (Lipinski definition) is 7. The number of esters is 2. The molecule has 0 fully saturated rings. The molecule has 9 heteroatoms. The van der Waals surface area contributed by atoms with Crippen molar-refractivity contribution in [1.82, 2.24) is 0 Å². The van der Waals surface area contributed by atoms with Crippen molar-refractivity contribution in [3.8, 4) is 17.2 Å². The molecule has 0 heterocycles. The van der Waals surface area contributed by atoms with Crippen molar-refractivity contribution >= 4 is 23.3 Å². The zero-order valence-corrected chi connectivity index (χ0v) is 26.2. The lowest BCUT2D eigenvalue weighted by Gasteiger charge is -2.09. The number of rotatable bonds is 18. The molecule has 240 valence electrons. The Balaban J connectivity index is 1.16. The Morgan fingerprint density at radius 3 is 1.65 bits per heavy atom. The van der Waals surface area contributed by atoms with Gasteiger partial charge in [0.2, 0.25) is 0 Å². The lowest BCUT2D eigenvalue weighted by Crippen LogP contribution is -2.09. The van der Waals surface area contributed by atoms with Crippen molar-refractivity contribution in [2.75, 3.05) is 12.0 Å². The van der Waals surface area contributed by atoms with Crippen LogP contribution in [0.1, 0.15) is 85.4 Å². The summed E-state index contributed by atoms with van der Waals surface area (Å²) in [6.07, 6.45) is 11.4. The third-order valence-corrected chi connectivity index (χ3v) is 7.22. The fraction of sp³-hybridized carbons (Fsp3) is 0.297. The smallest absolute Gasteiger partial charge is 0.343 e. The summed E-state index contributed by atoms with van der Waals surface area (Å²) in [6.45, 7) is 2.90. The van der Waals surface area contributed by atoms with Crippen molar-refractivity contribution < 1.29 is 28.7 Å². The van der Waals surface area contributed by atoms with E-state index in [0.717, 1.165) is 18.6 Å². The number of carbonyl (C=O) groups is 2. The van der Waals surface area contributed by atoms with Gasteiger partial charge in [-0.1, -0.05) is 76.5 Å². The minimum absolute atomic E-state index is 0.292. The van der Waals surface area contributed by atoms with Crippen LogP contribution in [0.5, 0.6) is 17.2 Å². The van der Waals surface area contributed by atoms with E-state index in [0.29, 0.717) is 45.5 Å². The summed E-state index contributed by atoms with van der Waals surface area (Å²) >= 11 is 0. The van der Waals surface area contributed by atoms with Gasteiger partial charge in [0.15, 0.2) is 5.69 Å². The van der Waals surface area contributed by atoms with Gasteiger partial charge in [0, 0.05) is 0 Å². The quantitative estimate of drug-likeness (QED) is 0.0293. The van der Waals surface area contributed by atoms with Gasteiger partial charge in [0.1, 0.15) is 22.9 Å². The third kappa shape index (κ3) is 11.4. The number of anilines is 1. The Morgan fingerprint density at radius 1 is 0.630 bits per heavy atom. The van der Waals surface area contributed by atoms with Crippen LogP contribution in [0.3, 0.4) is 0 Å². The van der Waals surface area contributed by atoms with Crippen LogP contribution in [0.4, 0.5) is 11.4 Å². The van der Waals surface area contributed by atoms with Crippen LogP contribution in [0.15, 0.2) is 108 Å². The molecule has 4 aromatic rings. The Bertz CT molecular complexity index is 1520. The van der Waals surface area contributed by atoms with Gasteiger partial charge in [-0.05, 0) is 91.3 Å². The molecule has 1 N–H and O–H groups in total. The average Bonchev–Trinajstić information content (AvgIpc) is 3.09. The van der Waals surface area contributed by atoms with Gasteiger partial charge in [-0.25, -0.2) is 9.59 Å². The molecule has 0 atom stereocenters. The fourth-order valence-corrected chi connectivity index (χ4v) is 4.59. The first-order chi connectivity index (χ1) is 22.5. The highest BCUT2D eigenvalue weighted by molar-refractivity contribution is 5.92. The predicted molar refractivity (Wildman–Crippen MR) is 178 cm³/mol. The van der Waals surface area contributed by atoms with Gasteiger partial charge in [-0.15, -0.1) is 10.3 Å². The Labute approximate surface area is 270 Å². The van der Waals surface area contributed by atoms with Gasteiger partial charge in [-0.2, -0.15) is 0 Å². The van der Waals surface area contributed by atoms with Crippen molar-refractivity contribution in [3.63, 3.8) is 0 Å². The molecule has 0 bridgehead atoms. The first-order valence-electron chi connectivity index (χ1n) is 15.9. The van der Waals surface area contributed by atoms with Crippen molar-refractivity contribution in [2.24, 2.45) is 5.22 Å². The molecular weight excluding hydrogens is 582 g/mol. The van der Waals surface area contributed by atoms with E-state index < -0.39 is 11.9 Å². The van der Waals surface area contributed by atoms with Crippen LogP contribution in [0.25, 0.3) is 0 Å². The van der Waals surface area contributed by atoms with E-state index in [4.69, 9.17) is 14.2 Å². The molecule has 0 amide bonds. The molecule has 4 rings (SSSR count). The fourth-order valence-electron chi connectivity index (χ4n) is 4.59. The Hall–Kier alpha value is -5.18. The van der Waals surface area contributed by atoms with E-state index in [-0.39, 0.29) is 0 Å². The van der Waals surface area contributed by atoms with E-state index in [1.54, 1.807) is 97.1 Å². The molecule has 0 radical (unpaired) electrons. The maximum Gasteiger partial charge on any atom is 0.343 e. The van der Waals surface area contributed by atoms with E-state index in [2.05, 4.69) is 17.6 Å². The van der Waals surface area contributed by atoms with Crippen molar-refractivity contribution in [1.29, 1.82) is 0 Å². The summed E-state index contributed by atoms with van der Waals surface area (Å²) in [7, 11) is 0. The number of hydrogen-bond donors (Lipinski definition) is 1. The van der Waals surface area contributed by atoms with Crippen LogP contribution < -0.4 is 19.6 Å². The van der Waals surface area contributed by atoms with Crippen LogP contribution in [-0.2, 0) is 0 Å². The molecule has 9 nitrogen and oxygen atoms in total. The molecule has 0 aliphatic carbocycles. The molecule has 4 aromatic carbocycles. The zero-order chi connectivity index (χ0) is 32.4. The first kappa shape index (κ1) is 33.7. The largest absolute Gasteiger partial charge is 0.691 e. The second kappa shape index (κ2) is 18.6. The number of nitrogens with zero attached hydrogens (tertiary/aromatic N) is 2. The molecule has 0 aliphatic rings. The van der Waals surface area contributed by atoms with Crippen LogP contribution in [0, 0.1) is 5.21 Å². The molecule has 0 aromatic heterocycles. The lowest BCUT2D eigenvalue weighted by molar-refractivity contribution is -0.439. The number of benzene rings is 4. The van der Waals surface area contributed by atoms with Gasteiger partial charge in [0.05, 0.1) is 23.0 Å². The topological polar surface area (TPSA) is 112 Å². The van der Waals surface area contributed by atoms with E-state index in [1.165, 1.54) is 44.9 Å². The summed E-state index contributed by atoms with van der Waals surface area (Å²) in [6, 6.07) is 28.0. The molecule has 0 saturated carbocycles. The molecular formula is C37H41N3O6. The van der Waals surface area contributed by atoms with E-state index in [1.807, 2.05) is 6.07 Å². The van der Waals surface area contributed by atoms with Crippen LogP contribution in [0.2, 0.25) is 0 Å². The zero-order valence-electron chi connectivity index (χ0n) is 26.2. The Morgan fingerprint density at radius 2 is 1.11 bits per heavy atom. The number of para-hydroxylation sites is 1. The summed E-state index contributed by atoms with van der Waals surface area (Å²) in [5, 5.41) is 15.8. The highest BCUT2D eigenvalue weighted by atomic mass is 16.5. The SMILES string of the molecule is CCCCCCCCCCCOc1ccc(C(=O)Oc2ccc(OC(=O)c3ccc(N/N=[N+](\[O-])c4ccccc4)cc3)cc2)cc1. The molecule has 0 spiro atoms. The van der Waals surface area contributed by atoms with Crippen molar-refractivity contribution in [2.45, 2.75) is 64.7 Å². The maximum absolute atomic E-state index is 12.6. The molecule has 0 aliphatic heterocycles. The summed E-state index contributed by atoms with van der Waals surface area (Å²) in [5.41, 5.74) is 4.27. The standard InChI is InChI=1S/C37H41N3O6/c1-2-3-4-5-6-7-8-9-13-28-44-33-22-18-30(19-23-33)37(42)46-35-26-24-34(25-27-35)45-36(41)29-16-20-31(21-17-29)38-39-40(43)32-14-11-10-12-15-32/h10-12,14-27,38H,2-9,13,28H2,1H3/b40-39-. The van der Waals surface area contributed by atoms with Gasteiger partial charge in [-0.3, -0.25) is 0 Å². The minimum atomic E-state index is -0.567. The normalized spacial score (nSPS) is 11.1. The van der Waals surface area contributed by atoms with Gasteiger partial charge < -0.3 is 19.4 Å². The lowest BCUT2D eigenvalue weighted by atomic mass is 10.1. The molecule has 0 saturated heterocycles. The van der Waals surface area contributed by atoms with Crippen LogP contribution >= 0.6 is 0 Å². The van der Waals surface area contributed by atoms with Gasteiger partial charge in [0.25, 0.3) is 0 Å². The van der Waals surface area contributed by atoms with Crippen LogP contribution in [-0.4, -0.2) is 23.4 Å². The second-order valence-electron chi connectivity index (χ2n) is 10.8. The summed E-state index contributed by atoms with van der Waals surface area (Å²) < 4.78 is 16.7. The summed E-state index contributed by atoms with van der Waals surface area (Å²) in [5.74, 6) is 0.265. The number of nitrogens with one attached hydrogen (secondary N) is 1. The number of ether oxygens (including phenoxy) is 3. The van der Waals surface area contributed by atoms with Gasteiger partial charge >= 0.3 is 11.9 Å². The third-order valence-electron chi connectivity index (χ3n) is 7.22.